The van der Waals surface area contributed by atoms with E-state index in [1.54, 1.807) is 27.7 Å². The first-order valence-corrected chi connectivity index (χ1v) is 4.73. The molecule has 0 unspecified atom stereocenters. The van der Waals surface area contributed by atoms with Crippen LogP contribution >= 0.6 is 0 Å². The van der Waals surface area contributed by atoms with Crippen molar-refractivity contribution in [1.29, 1.82) is 0 Å². The summed E-state index contributed by atoms with van der Waals surface area (Å²) >= 11 is 0. The number of hydrogen-bond acceptors (Lipinski definition) is 3. The van der Waals surface area contributed by atoms with E-state index in [1.807, 2.05) is 0 Å². The molecule has 0 aromatic rings. The predicted octanol–water partition coefficient (Wildman–Crippen LogP) is 1.80. The molecule has 0 bridgehead atoms. The van der Waals surface area contributed by atoms with Crippen molar-refractivity contribution in [3.63, 3.8) is 0 Å². The van der Waals surface area contributed by atoms with Crippen LogP contribution in [-0.4, -0.2) is 18.4 Å². The van der Waals surface area contributed by atoms with Gasteiger partial charge in [-0.15, -0.1) is 0 Å². The molecule has 0 saturated heterocycles. The fourth-order valence-corrected chi connectivity index (χ4v) is 1.08. The van der Waals surface area contributed by atoms with Gasteiger partial charge in [0.05, 0.1) is 12.5 Å². The number of Topliss-reactive ketones (excluding diaryl/α,β-unsaturated/α-hetero) is 1. The lowest BCUT2D eigenvalue weighted by Crippen LogP contribution is -2.26. The van der Waals surface area contributed by atoms with E-state index >= 15 is 0 Å². The molecule has 0 saturated carbocycles. The number of carbonyl (C=O) groups excluding carboxylic acids is 2. The highest BCUT2D eigenvalue weighted by atomic mass is 16.5. The van der Waals surface area contributed by atoms with E-state index in [4.69, 9.17) is 4.74 Å². The second-order valence-corrected chi connectivity index (χ2v) is 3.15. The zero-order valence-corrected chi connectivity index (χ0v) is 8.79. The maximum atomic E-state index is 11.3. The molecule has 13 heavy (non-hydrogen) atoms. The monoisotopic (exact) mass is 186 g/mol. The third-order valence-corrected chi connectivity index (χ3v) is 2.26. The van der Waals surface area contributed by atoms with Crippen LogP contribution in [0.2, 0.25) is 0 Å². The van der Waals surface area contributed by atoms with E-state index in [1.165, 1.54) is 0 Å². The summed E-state index contributed by atoms with van der Waals surface area (Å²) in [5.41, 5.74) is 0. The third kappa shape index (κ3) is 3.57. The predicted molar refractivity (Wildman–Crippen MR) is 50.3 cm³/mol. The highest BCUT2D eigenvalue weighted by molar-refractivity contribution is 5.86. The zero-order chi connectivity index (χ0) is 10.4. The molecule has 0 rings (SSSR count). The van der Waals surface area contributed by atoms with Crippen molar-refractivity contribution in [3.8, 4) is 0 Å². The first-order valence-electron chi connectivity index (χ1n) is 4.73. The zero-order valence-electron chi connectivity index (χ0n) is 8.79. The van der Waals surface area contributed by atoms with Gasteiger partial charge in [-0.3, -0.25) is 9.59 Å². The van der Waals surface area contributed by atoms with Crippen molar-refractivity contribution in [1.82, 2.24) is 0 Å². The minimum atomic E-state index is -0.326. The fourth-order valence-electron chi connectivity index (χ4n) is 1.08. The molecule has 0 fully saturated rings. The van der Waals surface area contributed by atoms with E-state index < -0.39 is 0 Å². The average Bonchev–Trinajstić information content (AvgIpc) is 2.14. The minimum Gasteiger partial charge on any atom is -0.466 e. The number of hydrogen-bond donors (Lipinski definition) is 0. The molecule has 0 radical (unpaired) electrons. The van der Waals surface area contributed by atoms with Crippen LogP contribution in [-0.2, 0) is 14.3 Å². The highest BCUT2D eigenvalue weighted by Crippen LogP contribution is 2.15. The molecule has 0 amide bonds. The first-order chi connectivity index (χ1) is 6.04. The van der Waals surface area contributed by atoms with Gasteiger partial charge in [-0.1, -0.05) is 20.8 Å². The van der Waals surface area contributed by atoms with Gasteiger partial charge in [-0.25, -0.2) is 0 Å². The van der Waals surface area contributed by atoms with Gasteiger partial charge in [0.25, 0.3) is 0 Å². The molecule has 0 spiro atoms. The Kier molecular flexibility index (Phi) is 5.35. The van der Waals surface area contributed by atoms with Crippen LogP contribution in [0.25, 0.3) is 0 Å². The topological polar surface area (TPSA) is 43.4 Å². The summed E-state index contributed by atoms with van der Waals surface area (Å²) in [6.45, 7) is 7.44. The van der Waals surface area contributed by atoms with E-state index in [9.17, 15) is 9.59 Å². The van der Waals surface area contributed by atoms with Crippen LogP contribution < -0.4 is 0 Å². The smallest absolute Gasteiger partial charge is 0.309 e. The molecule has 0 aliphatic carbocycles. The van der Waals surface area contributed by atoms with E-state index in [0.29, 0.717) is 13.0 Å². The van der Waals surface area contributed by atoms with Crippen LogP contribution in [0.3, 0.4) is 0 Å². The molecule has 0 aromatic heterocycles. The Balaban J connectivity index is 4.16. The largest absolute Gasteiger partial charge is 0.466 e. The van der Waals surface area contributed by atoms with Gasteiger partial charge in [0, 0.05) is 12.3 Å². The molecule has 3 heteroatoms. The van der Waals surface area contributed by atoms with Gasteiger partial charge >= 0.3 is 5.97 Å². The summed E-state index contributed by atoms with van der Waals surface area (Å²) < 4.78 is 4.83. The van der Waals surface area contributed by atoms with Crippen LogP contribution in [0, 0.1) is 11.8 Å². The average molecular weight is 186 g/mol. The maximum absolute atomic E-state index is 11.3. The molecule has 0 aliphatic heterocycles. The molecule has 2 atom stereocenters. The summed E-state index contributed by atoms with van der Waals surface area (Å²) in [6, 6.07) is 0. The van der Waals surface area contributed by atoms with Crippen LogP contribution in [0.4, 0.5) is 0 Å². The summed E-state index contributed by atoms with van der Waals surface area (Å²) in [6.07, 6.45) is 0.477. The van der Waals surface area contributed by atoms with Gasteiger partial charge in [-0.2, -0.15) is 0 Å². The molecule has 3 nitrogen and oxygen atoms in total. The van der Waals surface area contributed by atoms with Crippen LogP contribution in [0.5, 0.6) is 0 Å². The number of carbonyl (C=O) groups is 2. The Morgan fingerprint density at radius 2 is 1.69 bits per heavy atom. The summed E-state index contributed by atoms with van der Waals surface area (Å²) in [5, 5.41) is 0. The van der Waals surface area contributed by atoms with Crippen molar-refractivity contribution in [2.75, 3.05) is 6.61 Å². The lowest BCUT2D eigenvalue weighted by molar-refractivity contribution is -0.151. The standard InChI is InChI=1S/C10H18O3/c1-5-9(11)7(3)8(4)10(12)13-6-2/h7-8H,5-6H2,1-4H3/t7-,8+/m0/s1. The molecule has 0 aliphatic rings. The lowest BCUT2D eigenvalue weighted by atomic mass is 9.91. The van der Waals surface area contributed by atoms with E-state index in [0.717, 1.165) is 0 Å². The molecule has 0 heterocycles. The molecule has 0 N–H and O–H groups in total. The van der Waals surface area contributed by atoms with Crippen molar-refractivity contribution >= 4 is 11.8 Å². The number of esters is 1. The molecule has 0 aromatic carbocycles. The first kappa shape index (κ1) is 12.1. The van der Waals surface area contributed by atoms with Crippen molar-refractivity contribution in [2.24, 2.45) is 11.8 Å². The molecular formula is C10H18O3. The fraction of sp³-hybridized carbons (Fsp3) is 0.800. The second kappa shape index (κ2) is 5.73. The lowest BCUT2D eigenvalue weighted by Gasteiger charge is -2.16. The number of ether oxygens (including phenoxy) is 1. The van der Waals surface area contributed by atoms with Crippen LogP contribution in [0.1, 0.15) is 34.1 Å². The summed E-state index contributed by atoms with van der Waals surface area (Å²) in [4.78, 5) is 22.5. The summed E-state index contributed by atoms with van der Waals surface area (Å²) in [7, 11) is 0. The van der Waals surface area contributed by atoms with Crippen LogP contribution in [0.15, 0.2) is 0 Å². The van der Waals surface area contributed by atoms with E-state index in [-0.39, 0.29) is 23.6 Å². The molecular weight excluding hydrogens is 168 g/mol. The van der Waals surface area contributed by atoms with Gasteiger partial charge < -0.3 is 4.74 Å². The Bertz CT molecular complexity index is 187. The summed E-state index contributed by atoms with van der Waals surface area (Å²) in [5.74, 6) is -0.728. The van der Waals surface area contributed by atoms with E-state index in [2.05, 4.69) is 0 Å². The van der Waals surface area contributed by atoms with Gasteiger partial charge in [-0.05, 0) is 6.92 Å². The van der Waals surface area contributed by atoms with Gasteiger partial charge in [0.2, 0.25) is 0 Å². The number of rotatable bonds is 5. The maximum Gasteiger partial charge on any atom is 0.309 e. The Morgan fingerprint density at radius 3 is 2.08 bits per heavy atom. The second-order valence-electron chi connectivity index (χ2n) is 3.15. The SMILES string of the molecule is CCOC(=O)[C@H](C)[C@H](C)C(=O)CC. The third-order valence-electron chi connectivity index (χ3n) is 2.26. The normalized spacial score (nSPS) is 14.8. The van der Waals surface area contributed by atoms with Crippen molar-refractivity contribution in [2.45, 2.75) is 34.1 Å². The van der Waals surface area contributed by atoms with Crippen molar-refractivity contribution < 1.29 is 14.3 Å². The van der Waals surface area contributed by atoms with Gasteiger partial charge in [0.15, 0.2) is 0 Å². The molecule has 76 valence electrons. The quantitative estimate of drug-likeness (QED) is 0.615. The minimum absolute atomic E-state index is 0.112. The van der Waals surface area contributed by atoms with Crippen molar-refractivity contribution in [3.05, 3.63) is 0 Å². The Morgan fingerprint density at radius 1 is 1.15 bits per heavy atom. The number of ketones is 1. The highest BCUT2D eigenvalue weighted by Gasteiger charge is 2.25. The Hall–Kier alpha value is -0.860. The van der Waals surface area contributed by atoms with Gasteiger partial charge in [0.1, 0.15) is 5.78 Å². The Labute approximate surface area is 79.5 Å².